The lowest BCUT2D eigenvalue weighted by Crippen LogP contribution is -2.39. The minimum atomic E-state index is -4.16. The predicted molar refractivity (Wildman–Crippen MR) is 97.6 cm³/mol. The van der Waals surface area contributed by atoms with Crippen molar-refractivity contribution in [1.82, 2.24) is 15.1 Å². The molecule has 0 bridgehead atoms. The predicted octanol–water partition coefficient (Wildman–Crippen LogP) is 2.95. The summed E-state index contributed by atoms with van der Waals surface area (Å²) in [5.41, 5.74) is 0. The number of rotatable bonds is 4. The van der Waals surface area contributed by atoms with Gasteiger partial charge in [-0.25, -0.2) is 0 Å². The number of alkyl halides is 3. The summed E-state index contributed by atoms with van der Waals surface area (Å²) in [5.74, 6) is 1.03. The molecule has 2 rings (SSSR count). The number of carbonyl (C=O) groups excluding carboxylic acids is 1. The molecule has 0 aromatic carbocycles. The average Bonchev–Trinajstić information content (AvgIpc) is 2.72. The van der Waals surface area contributed by atoms with Gasteiger partial charge in [0.1, 0.15) is 0 Å². The Kier molecular flexibility index (Phi) is 11.4. The van der Waals surface area contributed by atoms with Crippen LogP contribution in [0.15, 0.2) is 0 Å². The van der Waals surface area contributed by atoms with Gasteiger partial charge in [-0.2, -0.15) is 13.2 Å². The Hall–Kier alpha value is -0.240. The van der Waals surface area contributed by atoms with E-state index in [1.165, 1.54) is 4.90 Å². The Morgan fingerprint density at radius 3 is 2.36 bits per heavy atom. The molecule has 1 atom stereocenters. The summed E-state index contributed by atoms with van der Waals surface area (Å²) in [7, 11) is 0. The van der Waals surface area contributed by atoms with Crippen molar-refractivity contribution >= 4 is 30.7 Å². The molecule has 2 aliphatic rings. The Morgan fingerprint density at radius 1 is 1.12 bits per heavy atom. The van der Waals surface area contributed by atoms with Gasteiger partial charge in [-0.1, -0.05) is 6.92 Å². The molecule has 0 aromatic heterocycles. The maximum absolute atomic E-state index is 12.5. The molecular formula is C16H30Cl2F3N3O. The van der Waals surface area contributed by atoms with Crippen LogP contribution in [0, 0.1) is 11.8 Å². The van der Waals surface area contributed by atoms with E-state index < -0.39 is 12.7 Å². The van der Waals surface area contributed by atoms with Crippen LogP contribution < -0.4 is 5.32 Å². The minimum absolute atomic E-state index is 0. The van der Waals surface area contributed by atoms with Crippen molar-refractivity contribution in [3.8, 4) is 0 Å². The van der Waals surface area contributed by atoms with E-state index >= 15 is 0 Å². The third-order valence-electron chi connectivity index (χ3n) is 5.03. The van der Waals surface area contributed by atoms with Crippen LogP contribution in [0.1, 0.15) is 32.6 Å². The number of nitrogens with one attached hydrogen (secondary N) is 1. The van der Waals surface area contributed by atoms with Crippen molar-refractivity contribution in [2.75, 3.05) is 45.8 Å². The van der Waals surface area contributed by atoms with Gasteiger partial charge in [0.05, 0.1) is 6.54 Å². The highest BCUT2D eigenvalue weighted by atomic mass is 35.5. The molecular weight excluding hydrogens is 378 g/mol. The topological polar surface area (TPSA) is 35.6 Å². The number of carbonyl (C=O) groups is 1. The fraction of sp³-hybridized carbons (Fsp3) is 0.938. The second kappa shape index (κ2) is 11.5. The van der Waals surface area contributed by atoms with Gasteiger partial charge in [-0.15, -0.1) is 24.8 Å². The molecule has 0 aromatic rings. The molecule has 9 heteroatoms. The molecule has 0 aliphatic carbocycles. The van der Waals surface area contributed by atoms with Gasteiger partial charge in [0.25, 0.3) is 0 Å². The summed E-state index contributed by atoms with van der Waals surface area (Å²) in [5, 5.41) is 3.33. The van der Waals surface area contributed by atoms with Crippen LogP contribution in [-0.2, 0) is 4.79 Å². The first-order valence-corrected chi connectivity index (χ1v) is 8.63. The van der Waals surface area contributed by atoms with Crippen molar-refractivity contribution in [2.45, 2.75) is 38.8 Å². The van der Waals surface area contributed by atoms with Gasteiger partial charge in [0.2, 0.25) is 5.91 Å². The molecule has 25 heavy (non-hydrogen) atoms. The van der Waals surface area contributed by atoms with Crippen molar-refractivity contribution in [3.63, 3.8) is 0 Å². The van der Waals surface area contributed by atoms with Crippen molar-refractivity contribution in [2.24, 2.45) is 11.8 Å². The maximum atomic E-state index is 12.5. The lowest BCUT2D eigenvalue weighted by atomic mass is 9.84. The minimum Gasteiger partial charge on any atom is -0.341 e. The van der Waals surface area contributed by atoms with Gasteiger partial charge in [-0.3, -0.25) is 9.69 Å². The highest BCUT2D eigenvalue weighted by molar-refractivity contribution is 5.85. The smallest absolute Gasteiger partial charge is 0.341 e. The maximum Gasteiger partial charge on any atom is 0.401 e. The van der Waals surface area contributed by atoms with Gasteiger partial charge < -0.3 is 10.2 Å². The largest absolute Gasteiger partial charge is 0.401 e. The van der Waals surface area contributed by atoms with Crippen molar-refractivity contribution < 1.29 is 18.0 Å². The van der Waals surface area contributed by atoms with Crippen LogP contribution in [0.25, 0.3) is 0 Å². The standard InChI is InChI=1S/C16H28F3N3O.2ClH/c1-13(14-3-5-20-6-4-14)11-15(23)22-8-2-7-21(9-10-22)12-16(17,18)19;;/h13-14,20H,2-12H2,1H3;2*1H. The molecule has 0 radical (unpaired) electrons. The van der Waals surface area contributed by atoms with E-state index in [0.29, 0.717) is 50.9 Å². The fourth-order valence-corrected chi connectivity index (χ4v) is 3.62. The fourth-order valence-electron chi connectivity index (χ4n) is 3.62. The molecule has 1 unspecified atom stereocenters. The van der Waals surface area contributed by atoms with E-state index in [4.69, 9.17) is 0 Å². The average molecular weight is 408 g/mol. The molecule has 0 saturated carbocycles. The van der Waals surface area contributed by atoms with E-state index in [0.717, 1.165) is 25.9 Å². The van der Waals surface area contributed by atoms with Gasteiger partial charge >= 0.3 is 6.18 Å². The zero-order chi connectivity index (χ0) is 16.9. The quantitative estimate of drug-likeness (QED) is 0.777. The van der Waals surface area contributed by atoms with Crippen LogP contribution in [0.2, 0.25) is 0 Å². The molecule has 2 saturated heterocycles. The van der Waals surface area contributed by atoms with E-state index in [-0.39, 0.29) is 30.7 Å². The van der Waals surface area contributed by atoms with Gasteiger partial charge in [0.15, 0.2) is 0 Å². The molecule has 1 amide bonds. The zero-order valence-corrected chi connectivity index (χ0v) is 16.3. The zero-order valence-electron chi connectivity index (χ0n) is 14.7. The summed E-state index contributed by atoms with van der Waals surface area (Å²) in [6.07, 6.45) is -0.822. The molecule has 4 nitrogen and oxygen atoms in total. The Bertz CT molecular complexity index is 393. The second-order valence-corrected chi connectivity index (χ2v) is 6.89. The van der Waals surface area contributed by atoms with E-state index in [9.17, 15) is 18.0 Å². The molecule has 2 aliphatic heterocycles. The molecule has 150 valence electrons. The Labute approximate surface area is 160 Å². The van der Waals surface area contributed by atoms with E-state index in [1.54, 1.807) is 4.90 Å². The number of nitrogens with zero attached hydrogens (tertiary/aromatic N) is 2. The van der Waals surface area contributed by atoms with Crippen LogP contribution in [0.5, 0.6) is 0 Å². The Balaban J connectivity index is 0.00000288. The molecule has 1 N–H and O–H groups in total. The molecule has 2 fully saturated rings. The first-order chi connectivity index (χ1) is 10.8. The first kappa shape index (κ1) is 24.8. The lowest BCUT2D eigenvalue weighted by molar-refractivity contribution is -0.145. The van der Waals surface area contributed by atoms with Gasteiger partial charge in [-0.05, 0) is 44.2 Å². The van der Waals surface area contributed by atoms with Crippen LogP contribution in [-0.4, -0.2) is 67.7 Å². The van der Waals surface area contributed by atoms with Crippen LogP contribution in [0.3, 0.4) is 0 Å². The second-order valence-electron chi connectivity index (χ2n) is 6.89. The third kappa shape index (κ3) is 8.80. The first-order valence-electron chi connectivity index (χ1n) is 8.63. The number of amides is 1. The third-order valence-corrected chi connectivity index (χ3v) is 5.03. The van der Waals surface area contributed by atoms with E-state index in [2.05, 4.69) is 12.2 Å². The lowest BCUT2D eigenvalue weighted by Gasteiger charge is -2.30. The normalized spacial score (nSPS) is 21.7. The van der Waals surface area contributed by atoms with Crippen LogP contribution >= 0.6 is 24.8 Å². The SMILES string of the molecule is CC(CC(=O)N1CCCN(CC(F)(F)F)CC1)C1CCNCC1.Cl.Cl. The Morgan fingerprint density at radius 2 is 1.76 bits per heavy atom. The summed E-state index contributed by atoms with van der Waals surface area (Å²) < 4.78 is 37.4. The van der Waals surface area contributed by atoms with E-state index in [1.807, 2.05) is 0 Å². The summed E-state index contributed by atoms with van der Waals surface area (Å²) >= 11 is 0. The summed E-state index contributed by atoms with van der Waals surface area (Å²) in [4.78, 5) is 15.6. The highest BCUT2D eigenvalue weighted by Crippen LogP contribution is 2.25. The van der Waals surface area contributed by atoms with Crippen LogP contribution in [0.4, 0.5) is 13.2 Å². The highest BCUT2D eigenvalue weighted by Gasteiger charge is 2.32. The summed E-state index contributed by atoms with van der Waals surface area (Å²) in [6.45, 7) is 4.99. The van der Waals surface area contributed by atoms with Crippen molar-refractivity contribution in [3.05, 3.63) is 0 Å². The number of hydrogen-bond acceptors (Lipinski definition) is 3. The van der Waals surface area contributed by atoms with Gasteiger partial charge in [0, 0.05) is 32.6 Å². The number of hydrogen-bond donors (Lipinski definition) is 1. The summed E-state index contributed by atoms with van der Waals surface area (Å²) in [6, 6.07) is 0. The number of halogens is 5. The molecule has 0 spiro atoms. The monoisotopic (exact) mass is 407 g/mol. The van der Waals surface area contributed by atoms with Crippen molar-refractivity contribution in [1.29, 1.82) is 0 Å². The number of piperidine rings is 1. The molecule has 2 heterocycles.